The van der Waals surface area contributed by atoms with E-state index in [0.717, 1.165) is 24.2 Å². The molecule has 0 saturated heterocycles. The van der Waals surface area contributed by atoms with Crippen LogP contribution in [0.2, 0.25) is 0 Å². The summed E-state index contributed by atoms with van der Waals surface area (Å²) in [5, 5.41) is 3.48. The fourth-order valence-corrected chi connectivity index (χ4v) is 3.20. The molecule has 1 N–H and O–H groups in total. The van der Waals surface area contributed by atoms with Crippen molar-refractivity contribution in [2.75, 3.05) is 7.11 Å². The summed E-state index contributed by atoms with van der Waals surface area (Å²) < 4.78 is 6.51. The van der Waals surface area contributed by atoms with Gasteiger partial charge in [-0.25, -0.2) is 9.97 Å². The van der Waals surface area contributed by atoms with Crippen molar-refractivity contribution in [1.82, 2.24) is 19.9 Å². The van der Waals surface area contributed by atoms with Gasteiger partial charge < -0.3 is 10.1 Å². The number of methoxy groups -OCH3 is 1. The number of rotatable bonds is 6. The molecule has 1 saturated carbocycles. The Bertz CT molecular complexity index is 1030. The Hall–Kier alpha value is -3.22. The number of fused-ring (bicyclic) bond motifs is 1. The van der Waals surface area contributed by atoms with Gasteiger partial charge in [0.25, 0.3) is 5.56 Å². The van der Waals surface area contributed by atoms with Crippen molar-refractivity contribution in [3.63, 3.8) is 0 Å². The first-order chi connectivity index (χ1) is 13.2. The van der Waals surface area contributed by atoms with Gasteiger partial charge in [0, 0.05) is 6.20 Å². The van der Waals surface area contributed by atoms with Crippen molar-refractivity contribution in [2.45, 2.75) is 25.4 Å². The molecule has 7 heteroatoms. The molecule has 3 aromatic rings. The first-order valence-corrected chi connectivity index (χ1v) is 8.89. The second-order valence-corrected chi connectivity index (χ2v) is 6.71. The van der Waals surface area contributed by atoms with Gasteiger partial charge in [-0.3, -0.25) is 14.2 Å². The van der Waals surface area contributed by atoms with Gasteiger partial charge in [0.1, 0.15) is 18.6 Å². The zero-order chi connectivity index (χ0) is 18.8. The maximum absolute atomic E-state index is 12.6. The van der Waals surface area contributed by atoms with Crippen molar-refractivity contribution in [1.29, 1.82) is 0 Å². The summed E-state index contributed by atoms with van der Waals surface area (Å²) in [6.07, 6.45) is 5.12. The molecule has 1 amide bonds. The number of hydrogen-bond acceptors (Lipinski definition) is 5. The minimum absolute atomic E-state index is 0.0609. The lowest BCUT2D eigenvalue weighted by Gasteiger charge is -2.19. The fraction of sp³-hybridized carbons (Fsp3) is 0.300. The van der Waals surface area contributed by atoms with E-state index >= 15 is 0 Å². The average Bonchev–Trinajstić information content (AvgIpc) is 3.54. The van der Waals surface area contributed by atoms with Crippen LogP contribution in [0.15, 0.2) is 53.7 Å². The summed E-state index contributed by atoms with van der Waals surface area (Å²) in [5.74, 6) is 0.995. The molecule has 1 fully saturated rings. The Morgan fingerprint density at radius 3 is 2.74 bits per heavy atom. The highest BCUT2D eigenvalue weighted by Crippen LogP contribution is 2.41. The van der Waals surface area contributed by atoms with Gasteiger partial charge in [-0.05, 0) is 48.6 Å². The SMILES string of the molecule is COc1ccc(C(NC(=O)Cn2cnc3ncccc3c2=O)C2CC2)cc1. The van der Waals surface area contributed by atoms with Gasteiger partial charge in [-0.1, -0.05) is 12.1 Å². The zero-order valence-corrected chi connectivity index (χ0v) is 15.0. The first kappa shape index (κ1) is 17.2. The van der Waals surface area contributed by atoms with Crippen LogP contribution >= 0.6 is 0 Å². The third-order valence-corrected chi connectivity index (χ3v) is 4.80. The number of amides is 1. The lowest BCUT2D eigenvalue weighted by molar-refractivity contribution is -0.122. The minimum Gasteiger partial charge on any atom is -0.497 e. The molecular formula is C20H20N4O3. The Morgan fingerprint density at radius 1 is 1.26 bits per heavy atom. The molecule has 1 aliphatic rings. The molecule has 1 atom stereocenters. The van der Waals surface area contributed by atoms with E-state index in [1.165, 1.54) is 10.9 Å². The number of aromatic nitrogens is 3. The smallest absolute Gasteiger partial charge is 0.263 e. The van der Waals surface area contributed by atoms with Crippen LogP contribution in [0.3, 0.4) is 0 Å². The normalized spacial score (nSPS) is 14.7. The predicted molar refractivity (Wildman–Crippen MR) is 100 cm³/mol. The molecule has 2 heterocycles. The number of benzene rings is 1. The van der Waals surface area contributed by atoms with Crippen LogP contribution in [0.4, 0.5) is 0 Å². The summed E-state index contributed by atoms with van der Waals surface area (Å²) in [6, 6.07) is 11.0. The molecule has 1 unspecified atom stereocenters. The number of hydrogen-bond donors (Lipinski definition) is 1. The van der Waals surface area contributed by atoms with Crippen LogP contribution in [0.1, 0.15) is 24.4 Å². The molecule has 27 heavy (non-hydrogen) atoms. The molecular weight excluding hydrogens is 344 g/mol. The second kappa shape index (κ2) is 7.19. The molecule has 0 spiro atoms. The number of nitrogens with zero attached hydrogens (tertiary/aromatic N) is 3. The standard InChI is InChI=1S/C20H20N4O3/c1-27-15-8-6-14(7-9-15)18(13-4-5-13)23-17(25)11-24-12-22-19-16(20(24)26)3-2-10-21-19/h2-3,6-10,12-13,18H,4-5,11H2,1H3,(H,23,25). The molecule has 7 nitrogen and oxygen atoms in total. The molecule has 1 aromatic carbocycles. The molecule has 0 bridgehead atoms. The number of nitrogens with one attached hydrogen (secondary N) is 1. The van der Waals surface area contributed by atoms with E-state index in [0.29, 0.717) is 17.0 Å². The molecule has 138 valence electrons. The number of carbonyl (C=O) groups excluding carboxylic acids is 1. The topological polar surface area (TPSA) is 86.1 Å². The van der Waals surface area contributed by atoms with Gasteiger partial charge in [-0.2, -0.15) is 0 Å². The number of pyridine rings is 1. The molecule has 2 aromatic heterocycles. The Labute approximate surface area is 156 Å². The van der Waals surface area contributed by atoms with Gasteiger partial charge in [0.05, 0.1) is 18.5 Å². The van der Waals surface area contributed by atoms with Crippen LogP contribution in [-0.2, 0) is 11.3 Å². The highest BCUT2D eigenvalue weighted by Gasteiger charge is 2.33. The summed E-state index contributed by atoms with van der Waals surface area (Å²) >= 11 is 0. The Morgan fingerprint density at radius 2 is 2.04 bits per heavy atom. The Balaban J connectivity index is 1.52. The zero-order valence-electron chi connectivity index (χ0n) is 15.0. The number of ether oxygens (including phenoxy) is 1. The van der Waals surface area contributed by atoms with E-state index in [2.05, 4.69) is 15.3 Å². The summed E-state index contributed by atoms with van der Waals surface area (Å²) in [5.41, 5.74) is 1.16. The highest BCUT2D eigenvalue weighted by atomic mass is 16.5. The van der Waals surface area contributed by atoms with Crippen LogP contribution in [-0.4, -0.2) is 27.6 Å². The van der Waals surface area contributed by atoms with Gasteiger partial charge in [-0.15, -0.1) is 0 Å². The van der Waals surface area contributed by atoms with Crippen LogP contribution < -0.4 is 15.6 Å². The van der Waals surface area contributed by atoms with E-state index in [-0.39, 0.29) is 24.1 Å². The maximum atomic E-state index is 12.6. The van der Waals surface area contributed by atoms with Crippen molar-refractivity contribution in [3.05, 3.63) is 64.8 Å². The van der Waals surface area contributed by atoms with E-state index in [4.69, 9.17) is 4.74 Å². The van der Waals surface area contributed by atoms with E-state index < -0.39 is 0 Å². The van der Waals surface area contributed by atoms with Crippen molar-refractivity contribution >= 4 is 16.9 Å². The van der Waals surface area contributed by atoms with Gasteiger partial charge in [0.2, 0.25) is 5.91 Å². The third-order valence-electron chi connectivity index (χ3n) is 4.80. The van der Waals surface area contributed by atoms with Crippen LogP contribution in [0.5, 0.6) is 5.75 Å². The van der Waals surface area contributed by atoms with Crippen molar-refractivity contribution < 1.29 is 9.53 Å². The van der Waals surface area contributed by atoms with Gasteiger partial charge >= 0.3 is 0 Å². The van der Waals surface area contributed by atoms with Crippen molar-refractivity contribution in [3.8, 4) is 5.75 Å². The van der Waals surface area contributed by atoms with E-state index in [1.807, 2.05) is 24.3 Å². The largest absolute Gasteiger partial charge is 0.497 e. The van der Waals surface area contributed by atoms with Crippen LogP contribution in [0.25, 0.3) is 11.0 Å². The maximum Gasteiger partial charge on any atom is 0.263 e. The summed E-state index contributed by atoms with van der Waals surface area (Å²) in [7, 11) is 1.63. The molecule has 0 aliphatic heterocycles. The quantitative estimate of drug-likeness (QED) is 0.724. The summed E-state index contributed by atoms with van der Waals surface area (Å²) in [6.45, 7) is -0.0734. The second-order valence-electron chi connectivity index (χ2n) is 6.71. The molecule has 0 radical (unpaired) electrons. The minimum atomic E-state index is -0.268. The monoisotopic (exact) mass is 364 g/mol. The third kappa shape index (κ3) is 3.67. The highest BCUT2D eigenvalue weighted by molar-refractivity contribution is 5.77. The molecule has 1 aliphatic carbocycles. The first-order valence-electron chi connectivity index (χ1n) is 8.89. The fourth-order valence-electron chi connectivity index (χ4n) is 3.20. The summed E-state index contributed by atoms with van der Waals surface area (Å²) in [4.78, 5) is 33.3. The van der Waals surface area contributed by atoms with Crippen molar-refractivity contribution in [2.24, 2.45) is 5.92 Å². The lowest BCUT2D eigenvalue weighted by atomic mass is 10.0. The van der Waals surface area contributed by atoms with Crippen LogP contribution in [0, 0.1) is 5.92 Å². The van der Waals surface area contributed by atoms with E-state index in [9.17, 15) is 9.59 Å². The molecule has 4 rings (SSSR count). The number of carbonyl (C=O) groups is 1. The lowest BCUT2D eigenvalue weighted by Crippen LogP contribution is -2.35. The van der Waals surface area contributed by atoms with E-state index in [1.54, 1.807) is 25.4 Å². The average molecular weight is 364 g/mol. The Kier molecular flexibility index (Phi) is 4.58. The predicted octanol–water partition coefficient (Wildman–Crippen LogP) is 2.07. The van der Waals surface area contributed by atoms with Gasteiger partial charge in [0.15, 0.2) is 5.65 Å².